The number of hydrogen-bond acceptors (Lipinski definition) is 4. The van der Waals surface area contributed by atoms with Gasteiger partial charge in [0.2, 0.25) is 0 Å². The van der Waals surface area contributed by atoms with Crippen LogP contribution in [-0.4, -0.2) is 35.3 Å². The topological polar surface area (TPSA) is 52.0 Å². The van der Waals surface area contributed by atoms with E-state index in [2.05, 4.69) is 15.6 Å². The number of hydrogen-bond donors (Lipinski definition) is 1. The molecule has 1 heterocycles. The van der Waals surface area contributed by atoms with Crippen LogP contribution in [0.25, 0.3) is 5.69 Å². The van der Waals surface area contributed by atoms with Crippen LogP contribution in [0, 0.1) is 12.7 Å². The molecule has 0 bridgehead atoms. The molecule has 1 aromatic carbocycles. The lowest BCUT2D eigenvalue weighted by atomic mass is 10.2. The predicted molar refractivity (Wildman–Crippen MR) is 69.6 cm³/mol. The fourth-order valence-corrected chi connectivity index (χ4v) is 1.67. The maximum absolute atomic E-state index is 13.2. The third-order valence-corrected chi connectivity index (χ3v) is 2.74. The number of methoxy groups -OCH3 is 1. The van der Waals surface area contributed by atoms with Crippen molar-refractivity contribution in [1.29, 1.82) is 0 Å². The Morgan fingerprint density at radius 2 is 2.26 bits per heavy atom. The molecule has 6 heteroatoms. The summed E-state index contributed by atoms with van der Waals surface area (Å²) in [5, 5.41) is 11.3. The summed E-state index contributed by atoms with van der Waals surface area (Å²) in [5.41, 5.74) is 2.22. The summed E-state index contributed by atoms with van der Waals surface area (Å²) in [6.07, 6.45) is 1.83. The Labute approximate surface area is 111 Å². The average Bonchev–Trinajstić information content (AvgIpc) is 2.87. The fourth-order valence-electron chi connectivity index (χ4n) is 1.67. The summed E-state index contributed by atoms with van der Waals surface area (Å²) in [6.45, 7) is 3.77. The maximum Gasteiger partial charge on any atom is 0.126 e. The Bertz CT molecular complexity index is 541. The van der Waals surface area contributed by atoms with Crippen molar-refractivity contribution < 1.29 is 9.13 Å². The molecule has 5 nitrogen and oxygen atoms in total. The lowest BCUT2D eigenvalue weighted by molar-refractivity contribution is 0.199. The Morgan fingerprint density at radius 3 is 3.00 bits per heavy atom. The average molecular weight is 264 g/mol. The Balaban J connectivity index is 2.01. The van der Waals surface area contributed by atoms with Gasteiger partial charge in [0.15, 0.2) is 0 Å². The lowest BCUT2D eigenvalue weighted by Crippen LogP contribution is -2.18. The van der Waals surface area contributed by atoms with E-state index in [1.54, 1.807) is 30.8 Å². The molecular weight excluding hydrogens is 247 g/mol. The first-order valence-corrected chi connectivity index (χ1v) is 6.08. The number of nitrogens with one attached hydrogen (secondary N) is 1. The molecule has 1 aromatic heterocycles. The normalized spacial score (nSPS) is 10.9. The van der Waals surface area contributed by atoms with Gasteiger partial charge in [-0.3, -0.25) is 0 Å². The third-order valence-electron chi connectivity index (χ3n) is 2.74. The molecule has 102 valence electrons. The van der Waals surface area contributed by atoms with Crippen LogP contribution in [0.4, 0.5) is 4.39 Å². The van der Waals surface area contributed by atoms with E-state index < -0.39 is 0 Å². The second kappa shape index (κ2) is 6.40. The molecule has 19 heavy (non-hydrogen) atoms. The van der Waals surface area contributed by atoms with E-state index in [0.29, 0.717) is 18.7 Å². The van der Waals surface area contributed by atoms with Crippen molar-refractivity contribution in [2.24, 2.45) is 0 Å². The van der Waals surface area contributed by atoms with Crippen molar-refractivity contribution in [3.05, 3.63) is 41.5 Å². The zero-order chi connectivity index (χ0) is 13.7. The van der Waals surface area contributed by atoms with E-state index in [1.165, 1.54) is 6.07 Å². The summed E-state index contributed by atoms with van der Waals surface area (Å²) in [4.78, 5) is 0. The van der Waals surface area contributed by atoms with Crippen LogP contribution in [0.2, 0.25) is 0 Å². The second-order valence-electron chi connectivity index (χ2n) is 4.26. The minimum absolute atomic E-state index is 0.217. The molecule has 0 aliphatic carbocycles. The van der Waals surface area contributed by atoms with Crippen molar-refractivity contribution in [2.45, 2.75) is 13.5 Å². The van der Waals surface area contributed by atoms with E-state index >= 15 is 0 Å². The zero-order valence-electron chi connectivity index (χ0n) is 11.1. The second-order valence-corrected chi connectivity index (χ2v) is 4.26. The Morgan fingerprint density at radius 1 is 1.42 bits per heavy atom. The minimum atomic E-state index is -0.217. The third kappa shape index (κ3) is 3.59. The summed E-state index contributed by atoms with van der Waals surface area (Å²) in [6, 6.07) is 4.86. The zero-order valence-corrected chi connectivity index (χ0v) is 11.1. The molecule has 0 aliphatic rings. The highest BCUT2D eigenvalue weighted by Crippen LogP contribution is 2.12. The Kier molecular flexibility index (Phi) is 4.59. The lowest BCUT2D eigenvalue weighted by Gasteiger charge is -2.02. The first-order chi connectivity index (χ1) is 9.20. The van der Waals surface area contributed by atoms with Gasteiger partial charge in [-0.15, -0.1) is 5.10 Å². The molecule has 0 atom stereocenters. The van der Waals surface area contributed by atoms with Crippen molar-refractivity contribution in [1.82, 2.24) is 20.3 Å². The van der Waals surface area contributed by atoms with Gasteiger partial charge in [0.1, 0.15) is 5.82 Å². The standard InChI is InChI=1S/C13H17FN4O/c1-10-7-12(3-4-13(10)14)18-9-11(16-17-18)8-15-5-6-19-2/h3-4,7,9,15H,5-6,8H2,1-2H3. The number of benzene rings is 1. The van der Waals surface area contributed by atoms with Gasteiger partial charge in [-0.1, -0.05) is 5.21 Å². The van der Waals surface area contributed by atoms with Gasteiger partial charge in [0, 0.05) is 20.2 Å². The smallest absolute Gasteiger partial charge is 0.126 e. The molecule has 0 aliphatic heterocycles. The Hall–Kier alpha value is -1.79. The van der Waals surface area contributed by atoms with Gasteiger partial charge < -0.3 is 10.1 Å². The number of rotatable bonds is 6. The highest BCUT2D eigenvalue weighted by atomic mass is 19.1. The number of halogens is 1. The van der Waals surface area contributed by atoms with Crippen LogP contribution >= 0.6 is 0 Å². The van der Waals surface area contributed by atoms with Crippen molar-refractivity contribution >= 4 is 0 Å². The highest BCUT2D eigenvalue weighted by Gasteiger charge is 2.04. The molecule has 2 aromatic rings. The molecule has 0 unspecified atom stereocenters. The first-order valence-electron chi connectivity index (χ1n) is 6.08. The SMILES string of the molecule is COCCNCc1cn(-c2ccc(F)c(C)c2)nn1. The summed E-state index contributed by atoms with van der Waals surface area (Å²) in [7, 11) is 1.66. The molecule has 1 N–H and O–H groups in total. The minimum Gasteiger partial charge on any atom is -0.383 e. The predicted octanol–water partition coefficient (Wildman–Crippen LogP) is 1.45. The van der Waals surface area contributed by atoms with E-state index in [1.807, 2.05) is 6.20 Å². The van der Waals surface area contributed by atoms with Gasteiger partial charge >= 0.3 is 0 Å². The molecule has 0 spiro atoms. The maximum atomic E-state index is 13.2. The number of aryl methyl sites for hydroxylation is 1. The highest BCUT2D eigenvalue weighted by molar-refractivity contribution is 5.35. The van der Waals surface area contributed by atoms with E-state index in [-0.39, 0.29) is 5.82 Å². The summed E-state index contributed by atoms with van der Waals surface area (Å²) < 4.78 is 19.8. The summed E-state index contributed by atoms with van der Waals surface area (Å²) in [5.74, 6) is -0.217. The van der Waals surface area contributed by atoms with Crippen LogP contribution in [-0.2, 0) is 11.3 Å². The quantitative estimate of drug-likeness (QED) is 0.802. The van der Waals surface area contributed by atoms with Crippen LogP contribution in [0.3, 0.4) is 0 Å². The largest absolute Gasteiger partial charge is 0.383 e. The van der Waals surface area contributed by atoms with Crippen LogP contribution in [0.1, 0.15) is 11.3 Å². The van der Waals surface area contributed by atoms with Crippen molar-refractivity contribution in [3.8, 4) is 5.69 Å². The van der Waals surface area contributed by atoms with Crippen LogP contribution in [0.5, 0.6) is 0 Å². The molecular formula is C13H17FN4O. The number of aromatic nitrogens is 3. The van der Waals surface area contributed by atoms with Crippen LogP contribution < -0.4 is 5.32 Å². The molecule has 0 amide bonds. The van der Waals surface area contributed by atoms with Crippen LogP contribution in [0.15, 0.2) is 24.4 Å². The number of nitrogens with zero attached hydrogens (tertiary/aromatic N) is 3. The fraction of sp³-hybridized carbons (Fsp3) is 0.385. The monoisotopic (exact) mass is 264 g/mol. The molecule has 0 saturated carbocycles. The first kappa shape index (κ1) is 13.6. The molecule has 0 saturated heterocycles. The molecule has 2 rings (SSSR count). The summed E-state index contributed by atoms with van der Waals surface area (Å²) >= 11 is 0. The van der Waals surface area contributed by atoms with Gasteiger partial charge in [0.05, 0.1) is 24.2 Å². The van der Waals surface area contributed by atoms with E-state index in [4.69, 9.17) is 4.74 Å². The van der Waals surface area contributed by atoms with E-state index in [9.17, 15) is 4.39 Å². The van der Waals surface area contributed by atoms with Gasteiger partial charge in [-0.05, 0) is 30.7 Å². The van der Waals surface area contributed by atoms with Crippen molar-refractivity contribution in [2.75, 3.05) is 20.3 Å². The number of ether oxygens (including phenoxy) is 1. The van der Waals surface area contributed by atoms with E-state index in [0.717, 1.165) is 17.9 Å². The molecule has 0 radical (unpaired) electrons. The van der Waals surface area contributed by atoms with Gasteiger partial charge in [0.25, 0.3) is 0 Å². The van der Waals surface area contributed by atoms with Gasteiger partial charge in [-0.2, -0.15) is 0 Å². The van der Waals surface area contributed by atoms with Crippen molar-refractivity contribution in [3.63, 3.8) is 0 Å². The molecule has 0 fully saturated rings. The van der Waals surface area contributed by atoms with Gasteiger partial charge in [-0.25, -0.2) is 9.07 Å².